The standard InChI is InChI=1S/C11H20N2O5/c1-2-17-5-3-4-12-11(16)13-9-7-18-6-8(9)10(14)15/h8-9H,2-7H2,1H3,(H,14,15)(H2,12,13,16). The minimum atomic E-state index is -0.950. The number of hydrogen-bond acceptors (Lipinski definition) is 4. The van der Waals surface area contributed by atoms with E-state index in [2.05, 4.69) is 10.6 Å². The van der Waals surface area contributed by atoms with Crippen molar-refractivity contribution < 1.29 is 24.2 Å². The minimum Gasteiger partial charge on any atom is -0.481 e. The second kappa shape index (κ2) is 7.88. The maximum absolute atomic E-state index is 11.5. The van der Waals surface area contributed by atoms with E-state index in [1.807, 2.05) is 6.92 Å². The molecule has 1 aliphatic heterocycles. The van der Waals surface area contributed by atoms with Crippen LogP contribution in [-0.4, -0.2) is 56.1 Å². The predicted octanol–water partition coefficient (Wildman–Crippen LogP) is -0.188. The maximum Gasteiger partial charge on any atom is 0.315 e. The molecule has 0 saturated carbocycles. The maximum atomic E-state index is 11.5. The van der Waals surface area contributed by atoms with Crippen molar-refractivity contribution in [3.63, 3.8) is 0 Å². The molecule has 7 heteroatoms. The topological polar surface area (TPSA) is 96.9 Å². The van der Waals surface area contributed by atoms with Crippen molar-refractivity contribution in [3.8, 4) is 0 Å². The second-order valence-corrected chi connectivity index (χ2v) is 4.04. The summed E-state index contributed by atoms with van der Waals surface area (Å²) < 4.78 is 10.2. The van der Waals surface area contributed by atoms with Crippen LogP contribution in [0, 0.1) is 5.92 Å². The molecule has 0 bridgehead atoms. The highest BCUT2D eigenvalue weighted by Gasteiger charge is 2.34. The molecule has 0 aromatic rings. The van der Waals surface area contributed by atoms with Crippen LogP contribution in [0.2, 0.25) is 0 Å². The van der Waals surface area contributed by atoms with Crippen molar-refractivity contribution in [2.45, 2.75) is 19.4 Å². The van der Waals surface area contributed by atoms with E-state index in [4.69, 9.17) is 14.6 Å². The quantitative estimate of drug-likeness (QED) is 0.551. The summed E-state index contributed by atoms with van der Waals surface area (Å²) in [5, 5.41) is 14.2. The van der Waals surface area contributed by atoms with Gasteiger partial charge in [0.25, 0.3) is 0 Å². The smallest absolute Gasteiger partial charge is 0.315 e. The normalized spacial score (nSPS) is 22.7. The monoisotopic (exact) mass is 260 g/mol. The van der Waals surface area contributed by atoms with E-state index in [0.717, 1.165) is 6.42 Å². The largest absolute Gasteiger partial charge is 0.481 e. The lowest BCUT2D eigenvalue weighted by atomic mass is 10.0. The molecule has 1 aliphatic rings. The van der Waals surface area contributed by atoms with Gasteiger partial charge in [0.05, 0.1) is 19.3 Å². The van der Waals surface area contributed by atoms with Gasteiger partial charge in [-0.3, -0.25) is 4.79 Å². The molecule has 104 valence electrons. The molecule has 1 rings (SSSR count). The van der Waals surface area contributed by atoms with Crippen LogP contribution in [0.4, 0.5) is 4.79 Å². The van der Waals surface area contributed by atoms with E-state index in [1.165, 1.54) is 0 Å². The van der Waals surface area contributed by atoms with Gasteiger partial charge in [-0.2, -0.15) is 0 Å². The fraction of sp³-hybridized carbons (Fsp3) is 0.818. The Balaban J connectivity index is 2.17. The summed E-state index contributed by atoms with van der Waals surface area (Å²) in [5.74, 6) is -1.62. The lowest BCUT2D eigenvalue weighted by molar-refractivity contribution is -0.142. The first-order valence-corrected chi connectivity index (χ1v) is 6.07. The van der Waals surface area contributed by atoms with Crippen molar-refractivity contribution in [2.24, 2.45) is 5.92 Å². The summed E-state index contributed by atoms with van der Waals surface area (Å²) in [5.41, 5.74) is 0. The van der Waals surface area contributed by atoms with E-state index in [-0.39, 0.29) is 19.2 Å². The third-order valence-electron chi connectivity index (χ3n) is 2.67. The van der Waals surface area contributed by atoms with Crippen LogP contribution in [0.15, 0.2) is 0 Å². The van der Waals surface area contributed by atoms with Gasteiger partial charge < -0.3 is 25.2 Å². The van der Waals surface area contributed by atoms with Crippen LogP contribution in [0.5, 0.6) is 0 Å². The molecule has 0 aromatic carbocycles. The molecule has 2 atom stereocenters. The van der Waals surface area contributed by atoms with Crippen molar-refractivity contribution in [2.75, 3.05) is 33.0 Å². The zero-order valence-electron chi connectivity index (χ0n) is 10.5. The van der Waals surface area contributed by atoms with Gasteiger partial charge in [-0.15, -0.1) is 0 Å². The average molecular weight is 260 g/mol. The molecule has 2 amide bonds. The molecule has 1 fully saturated rings. The number of nitrogens with one attached hydrogen (secondary N) is 2. The van der Waals surface area contributed by atoms with E-state index in [1.54, 1.807) is 0 Å². The first-order valence-electron chi connectivity index (χ1n) is 6.07. The van der Waals surface area contributed by atoms with Gasteiger partial charge in [0.1, 0.15) is 5.92 Å². The fourth-order valence-corrected chi connectivity index (χ4v) is 1.68. The lowest BCUT2D eigenvalue weighted by Gasteiger charge is -2.16. The van der Waals surface area contributed by atoms with Gasteiger partial charge >= 0.3 is 12.0 Å². The molecular weight excluding hydrogens is 240 g/mol. The van der Waals surface area contributed by atoms with Crippen LogP contribution in [0.3, 0.4) is 0 Å². The first kappa shape index (κ1) is 14.7. The van der Waals surface area contributed by atoms with Gasteiger partial charge in [-0.25, -0.2) is 4.79 Å². The zero-order valence-corrected chi connectivity index (χ0v) is 10.5. The summed E-state index contributed by atoms with van der Waals surface area (Å²) in [6.07, 6.45) is 0.727. The van der Waals surface area contributed by atoms with Gasteiger partial charge in [0, 0.05) is 19.8 Å². The van der Waals surface area contributed by atoms with Crippen molar-refractivity contribution in [3.05, 3.63) is 0 Å². The number of aliphatic carboxylic acids is 1. The van der Waals surface area contributed by atoms with Crippen molar-refractivity contribution >= 4 is 12.0 Å². The van der Waals surface area contributed by atoms with Crippen molar-refractivity contribution in [1.82, 2.24) is 10.6 Å². The number of carbonyl (C=O) groups is 2. The summed E-state index contributed by atoms with van der Waals surface area (Å²) in [6.45, 7) is 4.05. The van der Waals surface area contributed by atoms with E-state index in [9.17, 15) is 9.59 Å². The molecule has 3 N–H and O–H groups in total. The number of carboxylic acids is 1. The molecule has 0 radical (unpaired) electrons. The Morgan fingerprint density at radius 3 is 2.89 bits per heavy atom. The molecular formula is C11H20N2O5. The number of urea groups is 1. The molecule has 1 saturated heterocycles. The highest BCUT2D eigenvalue weighted by Crippen LogP contribution is 2.13. The van der Waals surface area contributed by atoms with Crippen LogP contribution >= 0.6 is 0 Å². The van der Waals surface area contributed by atoms with Crippen LogP contribution < -0.4 is 10.6 Å². The third-order valence-corrected chi connectivity index (χ3v) is 2.67. The molecule has 0 aliphatic carbocycles. The molecule has 1 heterocycles. The molecule has 18 heavy (non-hydrogen) atoms. The summed E-state index contributed by atoms with van der Waals surface area (Å²) >= 11 is 0. The molecule has 0 spiro atoms. The van der Waals surface area contributed by atoms with Gasteiger partial charge in [-0.1, -0.05) is 0 Å². The number of hydrogen-bond donors (Lipinski definition) is 3. The predicted molar refractivity (Wildman–Crippen MR) is 63.4 cm³/mol. The third kappa shape index (κ3) is 4.89. The Kier molecular flexibility index (Phi) is 6.45. The van der Waals surface area contributed by atoms with Gasteiger partial charge in [0.2, 0.25) is 0 Å². The number of amides is 2. The Hall–Kier alpha value is -1.34. The summed E-state index contributed by atoms with van der Waals surface area (Å²) in [7, 11) is 0. The Morgan fingerprint density at radius 1 is 1.44 bits per heavy atom. The second-order valence-electron chi connectivity index (χ2n) is 4.04. The number of rotatable bonds is 7. The minimum absolute atomic E-state index is 0.143. The van der Waals surface area contributed by atoms with Gasteiger partial charge in [0.15, 0.2) is 0 Å². The van der Waals surface area contributed by atoms with Crippen LogP contribution in [0.1, 0.15) is 13.3 Å². The Morgan fingerprint density at radius 2 is 2.22 bits per heavy atom. The highest BCUT2D eigenvalue weighted by molar-refractivity contribution is 5.77. The fourth-order valence-electron chi connectivity index (χ4n) is 1.68. The van der Waals surface area contributed by atoms with E-state index >= 15 is 0 Å². The lowest BCUT2D eigenvalue weighted by Crippen LogP contribution is -2.47. The molecule has 0 aromatic heterocycles. The van der Waals surface area contributed by atoms with E-state index < -0.39 is 17.9 Å². The average Bonchev–Trinajstić information content (AvgIpc) is 2.77. The van der Waals surface area contributed by atoms with Crippen LogP contribution in [0.25, 0.3) is 0 Å². The van der Waals surface area contributed by atoms with Gasteiger partial charge in [-0.05, 0) is 13.3 Å². The van der Waals surface area contributed by atoms with Crippen LogP contribution in [-0.2, 0) is 14.3 Å². The number of carboxylic acid groups (broad SMARTS) is 1. The summed E-state index contributed by atoms with van der Waals surface area (Å²) in [6, 6.07) is -0.831. The van der Waals surface area contributed by atoms with Crippen molar-refractivity contribution in [1.29, 1.82) is 0 Å². The first-order chi connectivity index (χ1) is 8.65. The Bertz CT molecular complexity index is 285. The Labute approximate surface area is 106 Å². The molecule has 7 nitrogen and oxygen atoms in total. The highest BCUT2D eigenvalue weighted by atomic mass is 16.5. The SMILES string of the molecule is CCOCCCNC(=O)NC1COCC1C(=O)O. The van der Waals surface area contributed by atoms with E-state index in [0.29, 0.717) is 19.8 Å². The summed E-state index contributed by atoms with van der Waals surface area (Å²) in [4.78, 5) is 22.3. The number of carbonyl (C=O) groups excluding carboxylic acids is 1. The molecule has 2 unspecified atom stereocenters. The number of ether oxygens (including phenoxy) is 2. The zero-order chi connectivity index (χ0) is 13.4.